The van der Waals surface area contributed by atoms with Crippen LogP contribution in [0, 0.1) is 0 Å². The summed E-state index contributed by atoms with van der Waals surface area (Å²) >= 11 is 0. The van der Waals surface area contributed by atoms with E-state index in [1.165, 1.54) is 6.20 Å². The molecule has 0 aromatic heterocycles. The zero-order valence-corrected chi connectivity index (χ0v) is 5.86. The second-order valence-corrected chi connectivity index (χ2v) is 0.236. The Bertz CT molecular complexity index is 11.7. The second-order valence-electron chi connectivity index (χ2n) is 0.236. The molecule has 0 saturated carbocycles. The molecule has 0 amide bonds. The summed E-state index contributed by atoms with van der Waals surface area (Å²) in [7, 11) is 0. The van der Waals surface area contributed by atoms with E-state index in [4.69, 9.17) is 0 Å². The molecule has 0 unspecified atom stereocenters. The number of hydrogen-bond donors (Lipinski definition) is 1. The van der Waals surface area contributed by atoms with E-state index in [1.54, 1.807) is 0 Å². The molecule has 0 bridgehead atoms. The summed E-state index contributed by atoms with van der Waals surface area (Å²) in [4.78, 5) is 0. The van der Waals surface area contributed by atoms with Gasteiger partial charge in [0.15, 0.2) is 0 Å². The van der Waals surface area contributed by atoms with Crippen LogP contribution in [0.5, 0.6) is 0 Å². The molecule has 0 radical (unpaired) electrons. The highest BCUT2D eigenvalue weighted by Crippen LogP contribution is 1.15. The minimum absolute atomic E-state index is 1.25. The van der Waals surface area contributed by atoms with Gasteiger partial charge >= 0.3 is 0 Å². The first-order valence-electron chi connectivity index (χ1n) is 2.74. The third kappa shape index (κ3) is 328. The van der Waals surface area contributed by atoms with E-state index in [-0.39, 0.29) is 0 Å². The molecule has 1 nitrogen and oxygen atoms in total. The van der Waals surface area contributed by atoms with Crippen LogP contribution in [0.4, 0.5) is 0 Å². The minimum atomic E-state index is 1.25. The van der Waals surface area contributed by atoms with Gasteiger partial charge < -0.3 is 5.73 Å². The molecule has 0 atom stereocenters. The fourth-order valence-electron chi connectivity index (χ4n) is 0. The van der Waals surface area contributed by atoms with Crippen molar-refractivity contribution < 1.29 is 0 Å². The lowest BCUT2D eigenvalue weighted by atomic mass is 11.0. The normalized spacial score (nSPS) is 3.43. The van der Waals surface area contributed by atoms with Gasteiger partial charge in [-0.1, -0.05) is 34.3 Å². The molecule has 0 aliphatic heterocycles. The smallest absolute Gasteiger partial charge is 0.0136 e. The highest BCUT2D eigenvalue weighted by Gasteiger charge is 1.09. The lowest BCUT2D eigenvalue weighted by molar-refractivity contribution is 1.50. The Balaban J connectivity index is -0.0000000360. The Kier molecular flexibility index (Phi) is 896. The molecule has 0 fully saturated rings. The minimum Gasteiger partial charge on any atom is -0.405 e. The third-order valence-corrected chi connectivity index (χ3v) is 0. The molecule has 1 heteroatoms. The SMILES string of the molecule is C=CN.CC.CC. The van der Waals surface area contributed by atoms with E-state index < -0.39 is 0 Å². The molecule has 0 saturated heterocycles. The molecular formula is C6H17N. The Morgan fingerprint density at radius 1 is 1.14 bits per heavy atom. The van der Waals surface area contributed by atoms with Crippen LogP contribution in [0.15, 0.2) is 12.8 Å². The Morgan fingerprint density at radius 3 is 1.14 bits per heavy atom. The predicted molar refractivity (Wildman–Crippen MR) is 37.1 cm³/mol. The molecule has 46 valence electrons. The van der Waals surface area contributed by atoms with E-state index in [9.17, 15) is 0 Å². The van der Waals surface area contributed by atoms with Crippen molar-refractivity contribution in [2.24, 2.45) is 5.73 Å². The van der Waals surface area contributed by atoms with Crippen molar-refractivity contribution in [3.63, 3.8) is 0 Å². The number of rotatable bonds is 0. The first-order valence-corrected chi connectivity index (χ1v) is 2.74. The number of hydrogen-bond acceptors (Lipinski definition) is 1. The summed E-state index contributed by atoms with van der Waals surface area (Å²) in [6.07, 6.45) is 1.25. The van der Waals surface area contributed by atoms with Crippen LogP contribution < -0.4 is 5.73 Å². The van der Waals surface area contributed by atoms with Gasteiger partial charge in [0.2, 0.25) is 0 Å². The summed E-state index contributed by atoms with van der Waals surface area (Å²) in [5.74, 6) is 0. The molecule has 0 rings (SSSR count). The summed E-state index contributed by atoms with van der Waals surface area (Å²) in [5.41, 5.74) is 4.61. The Morgan fingerprint density at radius 2 is 1.14 bits per heavy atom. The first kappa shape index (κ1) is 16.0. The summed E-state index contributed by atoms with van der Waals surface area (Å²) < 4.78 is 0. The fraction of sp³-hybridized carbons (Fsp3) is 0.667. The van der Waals surface area contributed by atoms with E-state index in [2.05, 4.69) is 12.3 Å². The standard InChI is InChI=1S/C2H5N.2C2H6/c1-2-3;2*1-2/h2H,1,3H2;2*1-2H3. The molecule has 0 aromatic rings. The molecule has 0 heterocycles. The highest BCUT2D eigenvalue weighted by atomic mass is 14.5. The van der Waals surface area contributed by atoms with Gasteiger partial charge in [0.05, 0.1) is 0 Å². The van der Waals surface area contributed by atoms with Gasteiger partial charge in [-0.3, -0.25) is 0 Å². The lowest BCUT2D eigenvalue weighted by Gasteiger charge is -1.40. The van der Waals surface area contributed by atoms with Crippen LogP contribution in [0.25, 0.3) is 0 Å². The molecular weight excluding hydrogens is 86.1 g/mol. The quantitative estimate of drug-likeness (QED) is 0.499. The van der Waals surface area contributed by atoms with Crippen LogP contribution in [0.2, 0.25) is 0 Å². The maximum absolute atomic E-state index is 4.61. The van der Waals surface area contributed by atoms with Crippen LogP contribution in [-0.4, -0.2) is 0 Å². The van der Waals surface area contributed by atoms with Crippen molar-refractivity contribution in [2.45, 2.75) is 27.7 Å². The van der Waals surface area contributed by atoms with Gasteiger partial charge in [-0.2, -0.15) is 0 Å². The largest absolute Gasteiger partial charge is 0.405 e. The molecule has 0 aromatic carbocycles. The highest BCUT2D eigenvalue weighted by molar-refractivity contribution is 4.48. The average molecular weight is 103 g/mol. The van der Waals surface area contributed by atoms with Crippen molar-refractivity contribution in [2.75, 3.05) is 0 Å². The average Bonchev–Trinajstić information content (AvgIpc) is 1.78. The topological polar surface area (TPSA) is 26.0 Å². The van der Waals surface area contributed by atoms with Crippen LogP contribution >= 0.6 is 0 Å². The molecule has 0 aliphatic rings. The van der Waals surface area contributed by atoms with Crippen LogP contribution in [0.1, 0.15) is 27.7 Å². The lowest BCUT2D eigenvalue weighted by Crippen LogP contribution is -1.67. The first-order chi connectivity index (χ1) is 3.41. The summed E-state index contributed by atoms with van der Waals surface area (Å²) in [6.45, 7) is 11.1. The second kappa shape index (κ2) is 392. The maximum Gasteiger partial charge on any atom is -0.0136 e. The zero-order chi connectivity index (χ0) is 6.71. The van der Waals surface area contributed by atoms with Crippen molar-refractivity contribution in [3.8, 4) is 0 Å². The number of nitrogens with two attached hydrogens (primary N) is 1. The fourth-order valence-corrected chi connectivity index (χ4v) is 0. The van der Waals surface area contributed by atoms with Gasteiger partial charge in [-0.15, -0.1) is 0 Å². The van der Waals surface area contributed by atoms with Gasteiger partial charge in [-0.25, -0.2) is 0 Å². The van der Waals surface area contributed by atoms with Crippen molar-refractivity contribution in [1.82, 2.24) is 0 Å². The van der Waals surface area contributed by atoms with Crippen molar-refractivity contribution in [1.29, 1.82) is 0 Å². The maximum atomic E-state index is 4.61. The van der Waals surface area contributed by atoms with E-state index >= 15 is 0 Å². The molecule has 2 N–H and O–H groups in total. The predicted octanol–water partition coefficient (Wildman–Crippen LogP) is 2.14. The van der Waals surface area contributed by atoms with Crippen molar-refractivity contribution in [3.05, 3.63) is 12.8 Å². The zero-order valence-electron chi connectivity index (χ0n) is 5.86. The molecule has 0 aliphatic carbocycles. The summed E-state index contributed by atoms with van der Waals surface area (Å²) in [6, 6.07) is 0. The van der Waals surface area contributed by atoms with Gasteiger partial charge in [0.25, 0.3) is 0 Å². The van der Waals surface area contributed by atoms with Gasteiger partial charge in [0.1, 0.15) is 0 Å². The van der Waals surface area contributed by atoms with Gasteiger partial charge in [0, 0.05) is 0 Å². The summed E-state index contributed by atoms with van der Waals surface area (Å²) in [5, 5.41) is 0. The monoisotopic (exact) mass is 103 g/mol. The Hall–Kier alpha value is -0.460. The van der Waals surface area contributed by atoms with Gasteiger partial charge in [-0.05, 0) is 6.20 Å². The van der Waals surface area contributed by atoms with E-state index in [1.807, 2.05) is 27.7 Å². The van der Waals surface area contributed by atoms with Crippen LogP contribution in [-0.2, 0) is 0 Å². The molecule has 7 heavy (non-hydrogen) atoms. The Labute approximate surface area is 47.2 Å². The molecule has 0 spiro atoms. The third-order valence-electron chi connectivity index (χ3n) is 0. The van der Waals surface area contributed by atoms with Crippen LogP contribution in [0.3, 0.4) is 0 Å². The van der Waals surface area contributed by atoms with E-state index in [0.717, 1.165) is 0 Å². The van der Waals surface area contributed by atoms with E-state index in [0.29, 0.717) is 0 Å². The van der Waals surface area contributed by atoms with Crippen molar-refractivity contribution >= 4 is 0 Å².